The molecule has 130 valence electrons. The van der Waals surface area contributed by atoms with Crippen molar-refractivity contribution in [2.24, 2.45) is 5.92 Å². The molecule has 0 aromatic heterocycles. The van der Waals surface area contributed by atoms with Crippen molar-refractivity contribution in [3.05, 3.63) is 29.8 Å². The lowest BCUT2D eigenvalue weighted by Gasteiger charge is -2.26. The van der Waals surface area contributed by atoms with Gasteiger partial charge in [-0.2, -0.15) is 8.42 Å². The van der Waals surface area contributed by atoms with Gasteiger partial charge in [0.05, 0.1) is 5.75 Å². The van der Waals surface area contributed by atoms with Gasteiger partial charge in [-0.3, -0.25) is 4.79 Å². The largest absolute Gasteiger partial charge is 0.382 e. The Balaban J connectivity index is 2.83. The normalized spacial score (nSPS) is 13.0. The molecule has 1 amide bonds. The summed E-state index contributed by atoms with van der Waals surface area (Å²) in [4.78, 5) is 13.9. The van der Waals surface area contributed by atoms with Gasteiger partial charge in [-0.15, -0.1) is 11.6 Å². The summed E-state index contributed by atoms with van der Waals surface area (Å²) in [7, 11) is -3.53. The molecule has 0 aliphatic carbocycles. The van der Waals surface area contributed by atoms with Gasteiger partial charge in [0.1, 0.15) is 11.1 Å². The van der Waals surface area contributed by atoms with Crippen molar-refractivity contribution in [2.45, 2.75) is 39.6 Å². The number of benzene rings is 1. The van der Waals surface area contributed by atoms with Gasteiger partial charge in [-0.1, -0.05) is 26.0 Å². The number of halogens is 1. The lowest BCUT2D eigenvalue weighted by Crippen LogP contribution is -2.37. The molecule has 0 radical (unpaired) electrons. The van der Waals surface area contributed by atoms with Crippen LogP contribution in [0.5, 0.6) is 5.75 Å². The molecule has 5 nitrogen and oxygen atoms in total. The quantitative estimate of drug-likeness (QED) is 0.527. The Morgan fingerprint density at radius 1 is 1.22 bits per heavy atom. The fourth-order valence-corrected chi connectivity index (χ4v) is 2.66. The predicted molar refractivity (Wildman–Crippen MR) is 92.1 cm³/mol. The number of hydrogen-bond donors (Lipinski definition) is 0. The van der Waals surface area contributed by atoms with E-state index < -0.39 is 15.5 Å². The smallest absolute Gasteiger partial charge is 0.308 e. The summed E-state index contributed by atoms with van der Waals surface area (Å²) in [6.45, 7) is 8.28. The molecule has 0 bridgehead atoms. The van der Waals surface area contributed by atoms with Crippen molar-refractivity contribution in [3.8, 4) is 5.75 Å². The number of rotatable bonds is 8. The molecule has 0 saturated heterocycles. The third-order valence-electron chi connectivity index (χ3n) is 3.11. The van der Waals surface area contributed by atoms with Crippen LogP contribution in [0.2, 0.25) is 0 Å². The van der Waals surface area contributed by atoms with E-state index in [9.17, 15) is 13.2 Å². The van der Waals surface area contributed by atoms with Gasteiger partial charge in [0, 0.05) is 13.1 Å². The zero-order valence-corrected chi connectivity index (χ0v) is 15.5. The van der Waals surface area contributed by atoms with Crippen LogP contribution in [0.3, 0.4) is 0 Å². The SMILES string of the molecule is CCS(=O)(=O)Oc1ccc(CN(CC(C)C)C(=O)[C@H](C)Cl)cc1. The number of carbonyl (C=O) groups excluding carboxylic acids is 1. The van der Waals surface area contributed by atoms with E-state index in [1.54, 1.807) is 36.1 Å². The number of hydrogen-bond acceptors (Lipinski definition) is 4. The van der Waals surface area contributed by atoms with Crippen molar-refractivity contribution >= 4 is 27.6 Å². The highest BCUT2D eigenvalue weighted by Gasteiger charge is 2.20. The Bertz CT molecular complexity index is 611. The minimum absolute atomic E-state index is 0.0843. The first kappa shape index (κ1) is 19.8. The first-order valence-corrected chi connectivity index (χ1v) is 9.60. The molecule has 0 N–H and O–H groups in total. The summed E-state index contributed by atoms with van der Waals surface area (Å²) in [5.74, 6) is 0.392. The number of nitrogens with zero attached hydrogens (tertiary/aromatic N) is 1. The molecular formula is C16H24ClNO4S. The maximum atomic E-state index is 12.2. The van der Waals surface area contributed by atoms with Crippen molar-refractivity contribution in [2.75, 3.05) is 12.3 Å². The van der Waals surface area contributed by atoms with E-state index in [4.69, 9.17) is 15.8 Å². The summed E-state index contributed by atoms with van der Waals surface area (Å²) in [6.07, 6.45) is 0. The summed E-state index contributed by atoms with van der Waals surface area (Å²) in [5, 5.41) is -0.578. The Morgan fingerprint density at radius 3 is 2.22 bits per heavy atom. The van der Waals surface area contributed by atoms with E-state index in [1.807, 2.05) is 13.8 Å². The molecule has 1 aromatic carbocycles. The number of carbonyl (C=O) groups is 1. The Labute approximate surface area is 143 Å². The molecule has 0 saturated carbocycles. The molecule has 0 unspecified atom stereocenters. The van der Waals surface area contributed by atoms with Gasteiger partial charge in [0.2, 0.25) is 5.91 Å². The van der Waals surface area contributed by atoms with Crippen LogP contribution in [-0.4, -0.2) is 36.9 Å². The average Bonchev–Trinajstić information content (AvgIpc) is 2.47. The van der Waals surface area contributed by atoms with Crippen LogP contribution in [0.1, 0.15) is 33.3 Å². The zero-order valence-electron chi connectivity index (χ0n) is 14.0. The molecule has 0 fully saturated rings. The maximum absolute atomic E-state index is 12.2. The molecular weight excluding hydrogens is 338 g/mol. The van der Waals surface area contributed by atoms with Crippen LogP contribution in [0.4, 0.5) is 0 Å². The van der Waals surface area contributed by atoms with Crippen LogP contribution in [0.25, 0.3) is 0 Å². The molecule has 0 spiro atoms. The summed E-state index contributed by atoms with van der Waals surface area (Å²) >= 11 is 5.91. The second-order valence-electron chi connectivity index (χ2n) is 5.80. The maximum Gasteiger partial charge on any atom is 0.308 e. The minimum atomic E-state index is -3.53. The summed E-state index contributed by atoms with van der Waals surface area (Å²) < 4.78 is 27.8. The van der Waals surface area contributed by atoms with Crippen molar-refractivity contribution in [1.82, 2.24) is 4.90 Å². The van der Waals surface area contributed by atoms with Gasteiger partial charge in [0.25, 0.3) is 0 Å². The third-order valence-corrected chi connectivity index (χ3v) is 4.45. The Hall–Kier alpha value is -1.27. The van der Waals surface area contributed by atoms with Crippen molar-refractivity contribution in [1.29, 1.82) is 0 Å². The molecule has 7 heteroatoms. The monoisotopic (exact) mass is 361 g/mol. The van der Waals surface area contributed by atoms with Gasteiger partial charge in [-0.25, -0.2) is 0 Å². The van der Waals surface area contributed by atoms with Gasteiger partial charge in [0.15, 0.2) is 0 Å². The second-order valence-corrected chi connectivity index (χ2v) is 8.32. The average molecular weight is 362 g/mol. The van der Waals surface area contributed by atoms with E-state index in [0.717, 1.165) is 5.56 Å². The Morgan fingerprint density at radius 2 is 1.78 bits per heavy atom. The fourth-order valence-electron chi connectivity index (χ4n) is 2.00. The first-order chi connectivity index (χ1) is 10.6. The predicted octanol–water partition coefficient (Wildman–Crippen LogP) is 3.03. The molecule has 23 heavy (non-hydrogen) atoms. The number of alkyl halides is 1. The van der Waals surface area contributed by atoms with Crippen LogP contribution < -0.4 is 4.18 Å². The molecule has 0 aliphatic heterocycles. The zero-order chi connectivity index (χ0) is 17.6. The lowest BCUT2D eigenvalue weighted by atomic mass is 10.1. The Kier molecular flexibility index (Phi) is 7.35. The molecule has 1 rings (SSSR count). The van der Waals surface area contributed by atoms with E-state index in [1.165, 1.54) is 6.92 Å². The highest BCUT2D eigenvalue weighted by Crippen LogP contribution is 2.17. The molecule has 1 atom stereocenters. The van der Waals surface area contributed by atoms with E-state index in [2.05, 4.69) is 0 Å². The molecule has 0 heterocycles. The first-order valence-electron chi connectivity index (χ1n) is 7.58. The summed E-state index contributed by atoms with van der Waals surface area (Å²) in [6, 6.07) is 6.68. The summed E-state index contributed by atoms with van der Waals surface area (Å²) in [5.41, 5.74) is 0.887. The van der Waals surface area contributed by atoms with Crippen LogP contribution >= 0.6 is 11.6 Å². The third kappa shape index (κ3) is 6.79. The molecule has 1 aromatic rings. The second kappa shape index (κ2) is 8.55. The highest BCUT2D eigenvalue weighted by atomic mass is 35.5. The van der Waals surface area contributed by atoms with Gasteiger partial charge in [-0.05, 0) is 37.5 Å². The van der Waals surface area contributed by atoms with Crippen molar-refractivity contribution < 1.29 is 17.4 Å². The fraction of sp³-hybridized carbons (Fsp3) is 0.562. The van der Waals surface area contributed by atoms with E-state index >= 15 is 0 Å². The van der Waals surface area contributed by atoms with Crippen LogP contribution in [0, 0.1) is 5.92 Å². The van der Waals surface area contributed by atoms with Crippen LogP contribution in [0.15, 0.2) is 24.3 Å². The molecule has 0 aliphatic rings. The minimum Gasteiger partial charge on any atom is -0.382 e. The standard InChI is InChI=1S/C16H24ClNO4S/c1-5-23(20,21)22-15-8-6-14(7-9-15)11-18(10-12(2)3)16(19)13(4)17/h6-9,12-13H,5,10-11H2,1-4H3/t13-/m0/s1. The number of amides is 1. The topological polar surface area (TPSA) is 63.7 Å². The van der Waals surface area contributed by atoms with E-state index in [-0.39, 0.29) is 17.4 Å². The van der Waals surface area contributed by atoms with Gasteiger partial charge < -0.3 is 9.08 Å². The van der Waals surface area contributed by atoms with Crippen molar-refractivity contribution in [3.63, 3.8) is 0 Å². The highest BCUT2D eigenvalue weighted by molar-refractivity contribution is 7.87. The van der Waals surface area contributed by atoms with Crippen LogP contribution in [-0.2, 0) is 21.5 Å². The lowest BCUT2D eigenvalue weighted by molar-refractivity contribution is -0.131. The van der Waals surface area contributed by atoms with E-state index in [0.29, 0.717) is 19.0 Å². The van der Waals surface area contributed by atoms with Gasteiger partial charge >= 0.3 is 10.1 Å².